The second kappa shape index (κ2) is 15.4. The molecule has 0 fully saturated rings. The lowest BCUT2D eigenvalue weighted by Crippen LogP contribution is -2.14. The Labute approximate surface area is 130 Å². The molecule has 122 valence electrons. The van der Waals surface area contributed by atoms with Crippen LogP contribution in [0, 0.1) is 11.8 Å². The van der Waals surface area contributed by atoms with Crippen molar-refractivity contribution >= 4 is 0 Å². The molecule has 0 aliphatic carbocycles. The molecular weight excluding hydrogens is 240 g/mol. The number of hydrogen-bond donors (Lipinski definition) is 0. The Bertz CT molecular complexity index is 173. The summed E-state index contributed by atoms with van der Waals surface area (Å²) in [5.41, 5.74) is 0. The normalized spacial score (nSPS) is 14.4. The van der Waals surface area contributed by atoms with E-state index in [1.54, 1.807) is 0 Å². The average molecular weight is 283 g/mol. The van der Waals surface area contributed by atoms with E-state index in [2.05, 4.69) is 27.7 Å². The summed E-state index contributed by atoms with van der Waals surface area (Å²) in [5, 5.41) is 0. The lowest BCUT2D eigenvalue weighted by molar-refractivity contribution is 0.254. The van der Waals surface area contributed by atoms with Gasteiger partial charge in [-0.2, -0.15) is 0 Å². The van der Waals surface area contributed by atoms with Crippen LogP contribution in [0.15, 0.2) is 0 Å². The summed E-state index contributed by atoms with van der Waals surface area (Å²) < 4.78 is 0. The summed E-state index contributed by atoms with van der Waals surface area (Å²) in [4.78, 5) is 0. The van der Waals surface area contributed by atoms with Crippen LogP contribution in [0.4, 0.5) is 0 Å². The average Bonchev–Trinajstić information content (AvgIpc) is 2.46. The van der Waals surface area contributed by atoms with Gasteiger partial charge in [-0.15, -0.1) is 0 Å². The molecule has 0 N–H and O–H groups in total. The minimum absolute atomic E-state index is 1.01. The molecule has 0 bridgehead atoms. The van der Waals surface area contributed by atoms with E-state index < -0.39 is 0 Å². The Hall–Kier alpha value is 0. The van der Waals surface area contributed by atoms with Crippen LogP contribution in [0.25, 0.3) is 0 Å². The van der Waals surface area contributed by atoms with Gasteiger partial charge < -0.3 is 0 Å². The second-order valence-corrected chi connectivity index (χ2v) is 6.77. The number of hydrogen-bond acceptors (Lipinski definition) is 0. The van der Waals surface area contributed by atoms with Gasteiger partial charge in [0.1, 0.15) is 0 Å². The molecule has 0 aromatic heterocycles. The molecule has 2 unspecified atom stereocenters. The van der Waals surface area contributed by atoms with Gasteiger partial charge in [-0.05, 0) is 11.8 Å². The highest BCUT2D eigenvalue weighted by atomic mass is 14.2. The minimum atomic E-state index is 1.01. The maximum Gasteiger partial charge on any atom is -0.0386 e. The molecule has 2 atom stereocenters. The monoisotopic (exact) mass is 282 g/mol. The highest BCUT2D eigenvalue weighted by molar-refractivity contribution is 4.70. The van der Waals surface area contributed by atoms with Crippen molar-refractivity contribution in [2.24, 2.45) is 11.8 Å². The molecule has 0 aromatic carbocycles. The van der Waals surface area contributed by atoms with E-state index in [-0.39, 0.29) is 0 Å². The van der Waals surface area contributed by atoms with Crippen LogP contribution in [0.2, 0.25) is 0 Å². The smallest absolute Gasteiger partial charge is 0.0386 e. The minimum Gasteiger partial charge on any atom is -0.0654 e. The van der Waals surface area contributed by atoms with Crippen LogP contribution in [-0.4, -0.2) is 0 Å². The SMILES string of the molecule is CCCCCCCC(CC)C(CCC)CCCCCC. The zero-order chi connectivity index (χ0) is 15.1. The van der Waals surface area contributed by atoms with E-state index in [9.17, 15) is 0 Å². The lowest BCUT2D eigenvalue weighted by atomic mass is 9.80. The maximum absolute atomic E-state index is 2.42. The molecule has 0 saturated heterocycles. The Morgan fingerprint density at radius 2 is 0.950 bits per heavy atom. The fourth-order valence-corrected chi connectivity index (χ4v) is 3.60. The summed E-state index contributed by atoms with van der Waals surface area (Å²) in [6.07, 6.45) is 20.2. The second-order valence-electron chi connectivity index (χ2n) is 6.77. The fraction of sp³-hybridized carbons (Fsp3) is 1.00. The van der Waals surface area contributed by atoms with E-state index in [0.717, 1.165) is 11.8 Å². The highest BCUT2D eigenvalue weighted by Crippen LogP contribution is 2.30. The van der Waals surface area contributed by atoms with Gasteiger partial charge in [0.2, 0.25) is 0 Å². The van der Waals surface area contributed by atoms with E-state index in [1.807, 2.05) is 0 Å². The summed E-state index contributed by atoms with van der Waals surface area (Å²) >= 11 is 0. The van der Waals surface area contributed by atoms with Crippen molar-refractivity contribution in [2.45, 2.75) is 118 Å². The van der Waals surface area contributed by atoms with Crippen molar-refractivity contribution in [3.8, 4) is 0 Å². The Morgan fingerprint density at radius 3 is 1.45 bits per heavy atom. The Kier molecular flexibility index (Phi) is 15.4. The zero-order valence-electron chi connectivity index (χ0n) is 15.1. The van der Waals surface area contributed by atoms with Crippen LogP contribution in [0.3, 0.4) is 0 Å². The maximum atomic E-state index is 2.42. The predicted molar refractivity (Wildman–Crippen MR) is 94.3 cm³/mol. The van der Waals surface area contributed by atoms with Crippen molar-refractivity contribution < 1.29 is 0 Å². The van der Waals surface area contributed by atoms with Gasteiger partial charge in [-0.1, -0.05) is 118 Å². The van der Waals surface area contributed by atoms with E-state index in [1.165, 1.54) is 89.9 Å². The molecule has 0 aliphatic rings. The van der Waals surface area contributed by atoms with Crippen molar-refractivity contribution in [1.82, 2.24) is 0 Å². The van der Waals surface area contributed by atoms with Crippen LogP contribution in [0.5, 0.6) is 0 Å². The van der Waals surface area contributed by atoms with Gasteiger partial charge in [-0.3, -0.25) is 0 Å². The first kappa shape index (κ1) is 20.0. The molecule has 0 heteroatoms. The van der Waals surface area contributed by atoms with Crippen molar-refractivity contribution in [3.63, 3.8) is 0 Å². The molecule has 0 aromatic rings. The molecule has 0 aliphatic heterocycles. The summed E-state index contributed by atoms with van der Waals surface area (Å²) in [6, 6.07) is 0. The van der Waals surface area contributed by atoms with Crippen molar-refractivity contribution in [1.29, 1.82) is 0 Å². The van der Waals surface area contributed by atoms with Gasteiger partial charge in [0.15, 0.2) is 0 Å². The van der Waals surface area contributed by atoms with Gasteiger partial charge in [0.25, 0.3) is 0 Å². The first-order valence-corrected chi connectivity index (χ1v) is 9.79. The van der Waals surface area contributed by atoms with E-state index >= 15 is 0 Å². The first-order valence-electron chi connectivity index (χ1n) is 9.79. The van der Waals surface area contributed by atoms with Crippen molar-refractivity contribution in [3.05, 3.63) is 0 Å². The molecule has 0 rings (SSSR count). The Balaban J connectivity index is 3.95. The molecule has 0 radical (unpaired) electrons. The van der Waals surface area contributed by atoms with E-state index in [4.69, 9.17) is 0 Å². The van der Waals surface area contributed by atoms with Crippen LogP contribution < -0.4 is 0 Å². The number of rotatable bonds is 15. The number of unbranched alkanes of at least 4 members (excludes halogenated alkanes) is 7. The lowest BCUT2D eigenvalue weighted by Gasteiger charge is -2.26. The zero-order valence-corrected chi connectivity index (χ0v) is 15.1. The predicted octanol–water partition coefficient (Wildman–Crippen LogP) is 7.76. The van der Waals surface area contributed by atoms with E-state index in [0.29, 0.717) is 0 Å². The first-order chi connectivity index (χ1) is 9.79. The Morgan fingerprint density at radius 1 is 0.450 bits per heavy atom. The summed E-state index contributed by atoms with van der Waals surface area (Å²) in [5.74, 6) is 2.03. The molecular formula is C20H42. The van der Waals surface area contributed by atoms with Gasteiger partial charge >= 0.3 is 0 Å². The van der Waals surface area contributed by atoms with Crippen LogP contribution in [-0.2, 0) is 0 Å². The molecule has 20 heavy (non-hydrogen) atoms. The molecule has 0 amide bonds. The highest BCUT2D eigenvalue weighted by Gasteiger charge is 2.18. The van der Waals surface area contributed by atoms with Crippen LogP contribution >= 0.6 is 0 Å². The largest absolute Gasteiger partial charge is 0.0654 e. The summed E-state index contributed by atoms with van der Waals surface area (Å²) in [6.45, 7) is 9.41. The molecule has 0 heterocycles. The third kappa shape index (κ3) is 10.7. The third-order valence-electron chi connectivity index (χ3n) is 4.96. The standard InChI is InChI=1S/C20H42/c1-5-9-11-13-15-17-19(8-4)20(16-7-3)18-14-12-10-6-2/h19-20H,5-18H2,1-4H3. The van der Waals surface area contributed by atoms with Crippen LogP contribution in [0.1, 0.15) is 118 Å². The topological polar surface area (TPSA) is 0 Å². The third-order valence-corrected chi connectivity index (χ3v) is 4.96. The van der Waals surface area contributed by atoms with Gasteiger partial charge in [-0.25, -0.2) is 0 Å². The fourth-order valence-electron chi connectivity index (χ4n) is 3.60. The van der Waals surface area contributed by atoms with Crippen molar-refractivity contribution in [2.75, 3.05) is 0 Å². The molecule has 0 spiro atoms. The molecule has 0 saturated carbocycles. The van der Waals surface area contributed by atoms with Gasteiger partial charge in [0.05, 0.1) is 0 Å². The molecule has 0 nitrogen and oxygen atoms in total. The quantitative estimate of drug-likeness (QED) is 0.269. The van der Waals surface area contributed by atoms with Gasteiger partial charge in [0, 0.05) is 0 Å². The summed E-state index contributed by atoms with van der Waals surface area (Å²) in [7, 11) is 0.